The minimum atomic E-state index is -0.672. The van der Waals surface area contributed by atoms with Crippen molar-refractivity contribution >= 4 is 18.3 Å². The predicted molar refractivity (Wildman–Crippen MR) is 79.7 cm³/mol. The van der Waals surface area contributed by atoms with Gasteiger partial charge >= 0.3 is 0 Å². The predicted octanol–water partition coefficient (Wildman–Crippen LogP) is 2.26. The van der Waals surface area contributed by atoms with Gasteiger partial charge in [-0.3, -0.25) is 4.79 Å². The van der Waals surface area contributed by atoms with Crippen LogP contribution in [-0.4, -0.2) is 25.1 Å². The van der Waals surface area contributed by atoms with Crippen molar-refractivity contribution in [3.63, 3.8) is 0 Å². The third-order valence-electron chi connectivity index (χ3n) is 2.70. The average molecular weight is 305 g/mol. The molecule has 1 aromatic carbocycles. The number of amides is 1. The number of benzene rings is 1. The molecule has 4 nitrogen and oxygen atoms in total. The van der Waals surface area contributed by atoms with E-state index in [1.54, 1.807) is 12.1 Å². The van der Waals surface area contributed by atoms with Crippen LogP contribution in [0.3, 0.4) is 0 Å². The monoisotopic (exact) mass is 304 g/mol. The lowest BCUT2D eigenvalue weighted by Crippen LogP contribution is -2.38. The molecular weight excluding hydrogens is 283 g/mol. The second kappa shape index (κ2) is 10.5. The van der Waals surface area contributed by atoms with Crippen molar-refractivity contribution in [3.8, 4) is 5.75 Å². The zero-order chi connectivity index (χ0) is 14.1. The van der Waals surface area contributed by atoms with E-state index in [9.17, 15) is 9.18 Å². The van der Waals surface area contributed by atoms with Gasteiger partial charge in [0.2, 0.25) is 0 Å². The van der Waals surface area contributed by atoms with E-state index in [0.717, 1.165) is 12.8 Å². The normalized spacial score (nSPS) is 11.3. The summed E-state index contributed by atoms with van der Waals surface area (Å²) in [5, 5.41) is 2.77. The lowest BCUT2D eigenvalue weighted by Gasteiger charge is -2.17. The van der Waals surface area contributed by atoms with Crippen molar-refractivity contribution in [2.75, 3.05) is 13.1 Å². The minimum absolute atomic E-state index is 0. The number of carbonyl (C=O) groups excluding carboxylic acids is 1. The van der Waals surface area contributed by atoms with Crippen LogP contribution in [0.4, 0.5) is 4.39 Å². The van der Waals surface area contributed by atoms with Gasteiger partial charge in [0.1, 0.15) is 0 Å². The fraction of sp³-hybridized carbons (Fsp3) is 0.500. The quantitative estimate of drug-likeness (QED) is 0.724. The van der Waals surface area contributed by atoms with Crippen LogP contribution >= 0.6 is 12.4 Å². The van der Waals surface area contributed by atoms with Crippen molar-refractivity contribution < 1.29 is 13.9 Å². The molecule has 0 saturated carbocycles. The molecule has 0 heterocycles. The molecule has 0 radical (unpaired) electrons. The van der Waals surface area contributed by atoms with Crippen LogP contribution < -0.4 is 15.8 Å². The van der Waals surface area contributed by atoms with E-state index in [1.165, 1.54) is 12.1 Å². The fourth-order valence-corrected chi connectivity index (χ4v) is 1.61. The Balaban J connectivity index is 0.00000361. The minimum Gasteiger partial charge on any atom is -0.478 e. The summed E-state index contributed by atoms with van der Waals surface area (Å²) in [4.78, 5) is 11.9. The van der Waals surface area contributed by atoms with Crippen molar-refractivity contribution in [2.45, 2.75) is 32.3 Å². The zero-order valence-corrected chi connectivity index (χ0v) is 12.4. The number of nitrogens with two attached hydrogens (primary N) is 1. The topological polar surface area (TPSA) is 64.3 Å². The molecule has 1 unspecified atom stereocenters. The lowest BCUT2D eigenvalue weighted by atomic mass is 10.2. The van der Waals surface area contributed by atoms with E-state index < -0.39 is 11.9 Å². The van der Waals surface area contributed by atoms with Gasteiger partial charge in [-0.2, -0.15) is 0 Å². The lowest BCUT2D eigenvalue weighted by molar-refractivity contribution is -0.128. The molecule has 0 aromatic heterocycles. The van der Waals surface area contributed by atoms with Crippen molar-refractivity contribution in [1.29, 1.82) is 0 Å². The molecule has 1 atom stereocenters. The summed E-state index contributed by atoms with van der Waals surface area (Å²) in [5.41, 5.74) is 5.37. The molecule has 6 heteroatoms. The van der Waals surface area contributed by atoms with E-state index in [1.807, 2.05) is 6.92 Å². The largest absolute Gasteiger partial charge is 0.478 e. The summed E-state index contributed by atoms with van der Waals surface area (Å²) in [6, 6.07) is 6.07. The number of nitrogens with one attached hydrogen (secondary N) is 1. The summed E-state index contributed by atoms with van der Waals surface area (Å²) < 4.78 is 18.8. The third kappa shape index (κ3) is 6.21. The SMILES string of the molecule is CCC(Oc1ccccc1F)C(=O)NCCCCN.Cl. The van der Waals surface area contributed by atoms with Crippen LogP contribution in [0.2, 0.25) is 0 Å². The maximum Gasteiger partial charge on any atom is 0.261 e. The Hall–Kier alpha value is -1.33. The van der Waals surface area contributed by atoms with E-state index in [2.05, 4.69) is 5.32 Å². The first-order valence-corrected chi connectivity index (χ1v) is 6.58. The molecule has 0 bridgehead atoms. The maximum atomic E-state index is 13.4. The third-order valence-corrected chi connectivity index (χ3v) is 2.70. The summed E-state index contributed by atoms with van der Waals surface area (Å²) in [6.07, 6.45) is 1.51. The van der Waals surface area contributed by atoms with Gasteiger partial charge in [-0.05, 0) is 37.9 Å². The summed E-state index contributed by atoms with van der Waals surface area (Å²) in [6.45, 7) is 3.00. The molecule has 114 valence electrons. The molecule has 1 rings (SSSR count). The van der Waals surface area contributed by atoms with E-state index in [-0.39, 0.29) is 24.1 Å². The Kier molecular flexibility index (Phi) is 9.76. The van der Waals surface area contributed by atoms with Crippen LogP contribution in [0.25, 0.3) is 0 Å². The van der Waals surface area contributed by atoms with Crippen LogP contribution in [0, 0.1) is 5.82 Å². The highest BCUT2D eigenvalue weighted by Crippen LogP contribution is 2.18. The Morgan fingerprint density at radius 2 is 2.10 bits per heavy atom. The first kappa shape index (κ1) is 18.7. The molecule has 0 aliphatic rings. The van der Waals surface area contributed by atoms with E-state index >= 15 is 0 Å². The molecule has 1 aromatic rings. The average Bonchev–Trinajstić information content (AvgIpc) is 2.42. The van der Waals surface area contributed by atoms with Gasteiger partial charge in [-0.25, -0.2) is 4.39 Å². The highest BCUT2D eigenvalue weighted by atomic mass is 35.5. The Morgan fingerprint density at radius 3 is 2.70 bits per heavy atom. The van der Waals surface area contributed by atoms with Gasteiger partial charge in [-0.1, -0.05) is 19.1 Å². The second-order valence-electron chi connectivity index (χ2n) is 4.23. The highest BCUT2D eigenvalue weighted by molar-refractivity contribution is 5.85. The van der Waals surface area contributed by atoms with Gasteiger partial charge in [0.15, 0.2) is 17.7 Å². The van der Waals surface area contributed by atoms with Crippen LogP contribution in [-0.2, 0) is 4.79 Å². The number of carbonyl (C=O) groups is 1. The summed E-state index contributed by atoms with van der Waals surface area (Å²) in [7, 11) is 0. The molecule has 0 aliphatic heterocycles. The summed E-state index contributed by atoms with van der Waals surface area (Å²) >= 11 is 0. The maximum absolute atomic E-state index is 13.4. The van der Waals surface area contributed by atoms with Crippen molar-refractivity contribution in [3.05, 3.63) is 30.1 Å². The fourth-order valence-electron chi connectivity index (χ4n) is 1.61. The first-order valence-electron chi connectivity index (χ1n) is 6.58. The van der Waals surface area contributed by atoms with Gasteiger partial charge in [0, 0.05) is 6.54 Å². The highest BCUT2D eigenvalue weighted by Gasteiger charge is 2.19. The van der Waals surface area contributed by atoms with Crippen LogP contribution in [0.15, 0.2) is 24.3 Å². The van der Waals surface area contributed by atoms with E-state index in [4.69, 9.17) is 10.5 Å². The molecule has 0 saturated heterocycles. The number of hydrogen-bond acceptors (Lipinski definition) is 3. The Morgan fingerprint density at radius 1 is 1.40 bits per heavy atom. The molecule has 20 heavy (non-hydrogen) atoms. The van der Waals surface area contributed by atoms with Gasteiger partial charge in [-0.15, -0.1) is 12.4 Å². The number of ether oxygens (including phenoxy) is 1. The number of hydrogen-bond donors (Lipinski definition) is 2. The van der Waals surface area contributed by atoms with Crippen LogP contribution in [0.1, 0.15) is 26.2 Å². The number of para-hydroxylation sites is 1. The number of rotatable bonds is 8. The Labute approximate surface area is 125 Å². The van der Waals surface area contributed by atoms with Crippen molar-refractivity contribution in [2.24, 2.45) is 5.73 Å². The molecule has 3 N–H and O–H groups in total. The van der Waals surface area contributed by atoms with Gasteiger partial charge in [0.05, 0.1) is 0 Å². The number of unbranched alkanes of at least 4 members (excludes halogenated alkanes) is 1. The van der Waals surface area contributed by atoms with Crippen molar-refractivity contribution in [1.82, 2.24) is 5.32 Å². The van der Waals surface area contributed by atoms with Crippen LogP contribution in [0.5, 0.6) is 5.75 Å². The first-order chi connectivity index (χ1) is 9.19. The standard InChI is InChI=1S/C14H21FN2O2.ClH/c1-2-12(14(18)17-10-6-5-9-16)19-13-8-4-3-7-11(13)15;/h3-4,7-8,12H,2,5-6,9-10,16H2,1H3,(H,17,18);1H. The molecule has 1 amide bonds. The smallest absolute Gasteiger partial charge is 0.261 e. The second-order valence-corrected chi connectivity index (χ2v) is 4.23. The molecule has 0 fully saturated rings. The molecule has 0 aliphatic carbocycles. The molecule has 0 spiro atoms. The van der Waals surface area contributed by atoms with Gasteiger partial charge < -0.3 is 15.8 Å². The summed E-state index contributed by atoms with van der Waals surface area (Å²) in [5.74, 6) is -0.578. The molecular formula is C14H22ClFN2O2. The van der Waals surface area contributed by atoms with Gasteiger partial charge in [0.25, 0.3) is 5.91 Å². The van der Waals surface area contributed by atoms with E-state index in [0.29, 0.717) is 19.5 Å². The zero-order valence-electron chi connectivity index (χ0n) is 11.6. The Bertz CT molecular complexity index is 405. The number of halogens is 2.